The molecule has 1 N–H and O–H groups in total. The van der Waals surface area contributed by atoms with Crippen LogP contribution in [0, 0.1) is 0 Å². The van der Waals surface area contributed by atoms with Gasteiger partial charge in [0, 0.05) is 5.56 Å². The third-order valence-electron chi connectivity index (χ3n) is 3.80. The standard InChI is InChI=1S/C19H22ClNO4/c1-23-17-7-5-14(11-15(17)20)16(22)12-21-9-8-13-4-6-18(24-2)19(10-13)25-3/h4-7,10-11,21H,8-9,12H2,1-3H3. The van der Waals surface area contributed by atoms with Crippen molar-refractivity contribution in [1.82, 2.24) is 5.32 Å². The van der Waals surface area contributed by atoms with Crippen molar-refractivity contribution in [1.29, 1.82) is 0 Å². The maximum atomic E-state index is 12.2. The van der Waals surface area contributed by atoms with Crippen molar-refractivity contribution in [2.45, 2.75) is 6.42 Å². The number of methoxy groups -OCH3 is 3. The number of hydrogen-bond donors (Lipinski definition) is 1. The van der Waals surface area contributed by atoms with E-state index in [9.17, 15) is 4.79 Å². The fourth-order valence-electron chi connectivity index (χ4n) is 2.41. The molecule has 2 rings (SSSR count). The van der Waals surface area contributed by atoms with Gasteiger partial charge in [0.25, 0.3) is 0 Å². The monoisotopic (exact) mass is 363 g/mol. The number of nitrogens with one attached hydrogen (secondary N) is 1. The first-order chi connectivity index (χ1) is 12.1. The number of hydrogen-bond acceptors (Lipinski definition) is 5. The number of carbonyl (C=O) groups is 1. The van der Waals surface area contributed by atoms with Crippen molar-refractivity contribution < 1.29 is 19.0 Å². The molecule has 5 nitrogen and oxygen atoms in total. The van der Waals surface area contributed by atoms with Crippen molar-refractivity contribution in [2.24, 2.45) is 0 Å². The van der Waals surface area contributed by atoms with Gasteiger partial charge >= 0.3 is 0 Å². The lowest BCUT2D eigenvalue weighted by Gasteiger charge is -2.10. The molecule has 134 valence electrons. The zero-order valence-corrected chi connectivity index (χ0v) is 15.4. The Balaban J connectivity index is 1.84. The Bertz CT molecular complexity index is 733. The Morgan fingerprint density at radius 2 is 1.64 bits per heavy atom. The fraction of sp³-hybridized carbons (Fsp3) is 0.316. The average molecular weight is 364 g/mol. The van der Waals surface area contributed by atoms with Crippen LogP contribution in [-0.2, 0) is 6.42 Å². The highest BCUT2D eigenvalue weighted by atomic mass is 35.5. The molecule has 0 spiro atoms. The minimum Gasteiger partial charge on any atom is -0.495 e. The Morgan fingerprint density at radius 3 is 2.28 bits per heavy atom. The molecule has 0 amide bonds. The topological polar surface area (TPSA) is 56.8 Å². The summed E-state index contributed by atoms with van der Waals surface area (Å²) >= 11 is 6.05. The van der Waals surface area contributed by atoms with Crippen LogP contribution in [0.25, 0.3) is 0 Å². The summed E-state index contributed by atoms with van der Waals surface area (Å²) in [4.78, 5) is 12.2. The Hall–Kier alpha value is -2.24. The Morgan fingerprint density at radius 1 is 0.960 bits per heavy atom. The number of benzene rings is 2. The molecule has 6 heteroatoms. The highest BCUT2D eigenvalue weighted by Crippen LogP contribution is 2.27. The van der Waals surface area contributed by atoms with Crippen LogP contribution in [0.5, 0.6) is 17.2 Å². The molecule has 0 atom stereocenters. The van der Waals surface area contributed by atoms with Gasteiger partial charge < -0.3 is 19.5 Å². The van der Waals surface area contributed by atoms with Gasteiger partial charge in [0.15, 0.2) is 17.3 Å². The lowest BCUT2D eigenvalue weighted by Crippen LogP contribution is -2.25. The van der Waals surface area contributed by atoms with E-state index in [0.29, 0.717) is 34.4 Å². The summed E-state index contributed by atoms with van der Waals surface area (Å²) in [7, 11) is 4.76. The lowest BCUT2D eigenvalue weighted by atomic mass is 10.1. The Kier molecular flexibility index (Phi) is 7.10. The van der Waals surface area contributed by atoms with Crippen LogP contribution in [-0.4, -0.2) is 40.2 Å². The predicted octanol–water partition coefficient (Wildman–Crippen LogP) is 3.38. The van der Waals surface area contributed by atoms with Crippen LogP contribution in [0.3, 0.4) is 0 Å². The Labute approximate surface area is 152 Å². The summed E-state index contributed by atoms with van der Waals surface area (Å²) in [5.41, 5.74) is 1.66. The highest BCUT2D eigenvalue weighted by molar-refractivity contribution is 6.32. The molecule has 0 aliphatic heterocycles. The van der Waals surface area contributed by atoms with Gasteiger partial charge in [-0.05, 0) is 48.9 Å². The zero-order valence-electron chi connectivity index (χ0n) is 14.6. The van der Waals surface area contributed by atoms with Gasteiger partial charge in [0.1, 0.15) is 5.75 Å². The second-order valence-corrected chi connectivity index (χ2v) is 5.80. The predicted molar refractivity (Wildman–Crippen MR) is 98.5 cm³/mol. The van der Waals surface area contributed by atoms with Gasteiger partial charge in [-0.1, -0.05) is 17.7 Å². The first-order valence-electron chi connectivity index (χ1n) is 7.87. The van der Waals surface area contributed by atoms with Crippen LogP contribution in [0.15, 0.2) is 36.4 Å². The lowest BCUT2D eigenvalue weighted by molar-refractivity contribution is 0.0991. The summed E-state index contributed by atoms with van der Waals surface area (Å²) in [6, 6.07) is 10.8. The van der Waals surface area contributed by atoms with E-state index in [1.165, 1.54) is 0 Å². The number of ether oxygens (including phenoxy) is 3. The molecule has 0 radical (unpaired) electrons. The first kappa shape index (κ1) is 19.1. The number of halogens is 1. The zero-order chi connectivity index (χ0) is 18.2. The summed E-state index contributed by atoms with van der Waals surface area (Å²) in [6.45, 7) is 0.918. The van der Waals surface area contributed by atoms with E-state index in [4.69, 9.17) is 25.8 Å². The van der Waals surface area contributed by atoms with Crippen molar-refractivity contribution in [3.63, 3.8) is 0 Å². The van der Waals surface area contributed by atoms with Crippen LogP contribution in [0.1, 0.15) is 15.9 Å². The van der Waals surface area contributed by atoms with Gasteiger partial charge in [-0.15, -0.1) is 0 Å². The molecule has 0 fully saturated rings. The van der Waals surface area contributed by atoms with Crippen molar-refractivity contribution in [2.75, 3.05) is 34.4 Å². The third kappa shape index (κ3) is 5.11. The number of carbonyl (C=O) groups excluding carboxylic acids is 1. The average Bonchev–Trinajstić information content (AvgIpc) is 2.64. The minimum absolute atomic E-state index is 0.0168. The smallest absolute Gasteiger partial charge is 0.176 e. The normalized spacial score (nSPS) is 10.4. The van der Waals surface area contributed by atoms with Gasteiger partial charge in [-0.2, -0.15) is 0 Å². The van der Waals surface area contributed by atoms with Crippen LogP contribution in [0.4, 0.5) is 0 Å². The molecule has 2 aromatic rings. The molecule has 0 heterocycles. The fourth-order valence-corrected chi connectivity index (χ4v) is 2.67. The van der Waals surface area contributed by atoms with Crippen molar-refractivity contribution in [3.8, 4) is 17.2 Å². The maximum absolute atomic E-state index is 12.2. The molecule has 0 bridgehead atoms. The second kappa shape index (κ2) is 9.30. The van der Waals surface area contributed by atoms with Crippen LogP contribution in [0.2, 0.25) is 5.02 Å². The number of ketones is 1. The molecule has 0 aromatic heterocycles. The molecule has 0 saturated carbocycles. The molecule has 25 heavy (non-hydrogen) atoms. The van der Waals surface area contributed by atoms with E-state index in [0.717, 1.165) is 12.0 Å². The maximum Gasteiger partial charge on any atom is 0.176 e. The summed E-state index contributed by atoms with van der Waals surface area (Å²) < 4.78 is 15.6. The summed E-state index contributed by atoms with van der Waals surface area (Å²) in [5.74, 6) is 1.94. The molecular formula is C19H22ClNO4. The number of Topliss-reactive ketones (excluding diaryl/α,β-unsaturated/α-hetero) is 1. The van der Waals surface area contributed by atoms with E-state index < -0.39 is 0 Å². The molecule has 0 saturated heterocycles. The summed E-state index contributed by atoms with van der Waals surface area (Å²) in [6.07, 6.45) is 0.775. The SMILES string of the molecule is COc1ccc(C(=O)CNCCc2ccc(OC)c(OC)c2)cc1Cl. The van der Waals surface area contributed by atoms with Gasteiger partial charge in [0.2, 0.25) is 0 Å². The molecular weight excluding hydrogens is 342 g/mol. The third-order valence-corrected chi connectivity index (χ3v) is 4.09. The minimum atomic E-state index is -0.0168. The number of rotatable bonds is 9. The van der Waals surface area contributed by atoms with Crippen molar-refractivity contribution >= 4 is 17.4 Å². The molecule has 2 aromatic carbocycles. The largest absolute Gasteiger partial charge is 0.495 e. The van der Waals surface area contributed by atoms with E-state index in [-0.39, 0.29) is 12.3 Å². The van der Waals surface area contributed by atoms with Crippen LogP contribution < -0.4 is 19.5 Å². The molecule has 0 aliphatic carbocycles. The highest BCUT2D eigenvalue weighted by Gasteiger charge is 2.09. The summed E-state index contributed by atoms with van der Waals surface area (Å²) in [5, 5.41) is 3.58. The molecule has 0 aliphatic rings. The quantitative estimate of drug-likeness (QED) is 0.546. The van der Waals surface area contributed by atoms with Gasteiger partial charge in [-0.3, -0.25) is 4.79 Å². The van der Waals surface area contributed by atoms with E-state index in [2.05, 4.69) is 5.32 Å². The van der Waals surface area contributed by atoms with E-state index in [1.807, 2.05) is 18.2 Å². The van der Waals surface area contributed by atoms with Gasteiger partial charge in [0.05, 0.1) is 32.9 Å². The second-order valence-electron chi connectivity index (χ2n) is 5.39. The first-order valence-corrected chi connectivity index (χ1v) is 8.25. The van der Waals surface area contributed by atoms with E-state index >= 15 is 0 Å². The molecule has 0 unspecified atom stereocenters. The van der Waals surface area contributed by atoms with Crippen LogP contribution >= 0.6 is 11.6 Å². The van der Waals surface area contributed by atoms with E-state index in [1.54, 1.807) is 39.5 Å². The van der Waals surface area contributed by atoms with Crippen molar-refractivity contribution in [3.05, 3.63) is 52.5 Å². The van der Waals surface area contributed by atoms with Gasteiger partial charge in [-0.25, -0.2) is 0 Å².